The maximum absolute atomic E-state index is 11.1. The molecule has 0 bridgehead atoms. The smallest absolute Gasteiger partial charge is 0.338 e. The number of carbonyl (C=O) groups is 2. The van der Waals surface area contributed by atoms with Crippen LogP contribution >= 0.6 is 0 Å². The molecule has 0 rings (SSSR count). The van der Waals surface area contributed by atoms with Crippen LogP contribution in [0.1, 0.15) is 25.7 Å². The minimum absolute atomic E-state index is 0.0484. The second-order valence-corrected chi connectivity index (χ2v) is 3.99. The van der Waals surface area contributed by atoms with Gasteiger partial charge in [0, 0.05) is 5.71 Å². The highest BCUT2D eigenvalue weighted by Gasteiger charge is 2.31. The number of aliphatic hydroxyl groups excluding tert-OH is 2. The zero-order valence-corrected chi connectivity index (χ0v) is 10.5. The quantitative estimate of drug-likeness (QED) is 0.192. The lowest BCUT2D eigenvalue weighted by molar-refractivity contribution is -0.169. The van der Waals surface area contributed by atoms with Crippen molar-refractivity contribution < 1.29 is 29.6 Å². The number of ether oxygens (including phenoxy) is 1. The average molecular weight is 276 g/mol. The molecule has 6 N–H and O–H groups in total. The van der Waals surface area contributed by atoms with E-state index in [4.69, 9.17) is 26.5 Å². The third kappa shape index (κ3) is 7.50. The maximum Gasteiger partial charge on any atom is 0.338 e. The Bertz CT molecular complexity index is 320. The van der Waals surface area contributed by atoms with Gasteiger partial charge in [0.2, 0.25) is 0 Å². The van der Waals surface area contributed by atoms with E-state index in [1.54, 1.807) is 0 Å². The van der Waals surface area contributed by atoms with Crippen LogP contribution in [0, 0.1) is 5.41 Å². The van der Waals surface area contributed by atoms with Crippen LogP contribution in [0.25, 0.3) is 0 Å². The fourth-order valence-electron chi connectivity index (χ4n) is 1.25. The number of aliphatic hydroxyl groups is 2. The van der Waals surface area contributed by atoms with Crippen molar-refractivity contribution in [1.82, 2.24) is 0 Å². The molecule has 0 spiro atoms. The summed E-state index contributed by atoms with van der Waals surface area (Å²) in [5, 5.41) is 33.9. The Hall–Kier alpha value is -1.51. The Labute approximate surface area is 110 Å². The van der Waals surface area contributed by atoms with E-state index in [9.17, 15) is 9.59 Å². The standard InChI is InChI=1S/C11H20N2O6/c12-5-1-3-7(13)4-2-6-19-11(18)9(15)8(14)10(16)17/h8-9,13-15H,1-6,12H2,(H,16,17). The van der Waals surface area contributed by atoms with Crippen molar-refractivity contribution in [2.75, 3.05) is 13.2 Å². The molecule has 0 aromatic carbocycles. The van der Waals surface area contributed by atoms with Crippen LogP contribution in [0.2, 0.25) is 0 Å². The van der Waals surface area contributed by atoms with Crippen LogP contribution in [0.15, 0.2) is 0 Å². The van der Waals surface area contributed by atoms with E-state index < -0.39 is 24.1 Å². The van der Waals surface area contributed by atoms with E-state index in [0.717, 1.165) is 6.42 Å². The fourth-order valence-corrected chi connectivity index (χ4v) is 1.25. The number of rotatable bonds is 10. The van der Waals surface area contributed by atoms with Crippen molar-refractivity contribution in [1.29, 1.82) is 5.41 Å². The van der Waals surface area contributed by atoms with Gasteiger partial charge in [-0.1, -0.05) is 0 Å². The van der Waals surface area contributed by atoms with Gasteiger partial charge in [-0.15, -0.1) is 0 Å². The van der Waals surface area contributed by atoms with E-state index in [2.05, 4.69) is 4.74 Å². The molecule has 0 amide bonds. The van der Waals surface area contributed by atoms with E-state index in [0.29, 0.717) is 31.5 Å². The first-order chi connectivity index (χ1) is 8.90. The van der Waals surface area contributed by atoms with Crippen LogP contribution in [-0.4, -0.2) is 58.3 Å². The predicted octanol–water partition coefficient (Wildman–Crippen LogP) is -1.13. The molecule has 0 radical (unpaired) electrons. The summed E-state index contributed by atoms with van der Waals surface area (Å²) in [6.07, 6.45) is -2.16. The van der Waals surface area contributed by atoms with Gasteiger partial charge in [0.15, 0.2) is 12.2 Å². The SMILES string of the molecule is N=C(CCCN)CCCOC(=O)C(O)C(O)C(=O)O. The van der Waals surface area contributed by atoms with Crippen molar-refractivity contribution in [2.24, 2.45) is 5.73 Å². The topological polar surface area (TPSA) is 154 Å². The van der Waals surface area contributed by atoms with Gasteiger partial charge in [-0.25, -0.2) is 9.59 Å². The molecular formula is C11H20N2O6. The molecule has 2 unspecified atom stereocenters. The molecule has 0 aliphatic carbocycles. The molecule has 0 heterocycles. The van der Waals surface area contributed by atoms with Gasteiger partial charge in [-0.2, -0.15) is 0 Å². The van der Waals surface area contributed by atoms with Gasteiger partial charge >= 0.3 is 11.9 Å². The number of aliphatic carboxylic acids is 1. The summed E-state index contributed by atoms with van der Waals surface area (Å²) in [6.45, 7) is 0.462. The fraction of sp³-hybridized carbons (Fsp3) is 0.727. The molecule has 0 aromatic heterocycles. The highest BCUT2D eigenvalue weighted by atomic mass is 16.5. The first-order valence-corrected chi connectivity index (χ1v) is 5.92. The van der Waals surface area contributed by atoms with Crippen LogP contribution in [0.3, 0.4) is 0 Å². The number of carboxylic acids is 1. The summed E-state index contributed by atoms with van der Waals surface area (Å²) in [7, 11) is 0. The zero-order chi connectivity index (χ0) is 14.8. The molecule has 19 heavy (non-hydrogen) atoms. The lowest BCUT2D eigenvalue weighted by Crippen LogP contribution is -2.40. The summed E-state index contributed by atoms with van der Waals surface area (Å²) in [5.41, 5.74) is 5.79. The lowest BCUT2D eigenvalue weighted by atomic mass is 10.1. The van der Waals surface area contributed by atoms with Crippen molar-refractivity contribution in [3.63, 3.8) is 0 Å². The third-order valence-electron chi connectivity index (χ3n) is 2.34. The zero-order valence-electron chi connectivity index (χ0n) is 10.5. The second-order valence-electron chi connectivity index (χ2n) is 3.99. The molecule has 0 fully saturated rings. The number of carboxylic acid groups (broad SMARTS) is 1. The summed E-state index contributed by atoms with van der Waals surface area (Å²) in [5.74, 6) is -2.89. The number of nitrogens with two attached hydrogens (primary N) is 1. The monoisotopic (exact) mass is 276 g/mol. The Balaban J connectivity index is 3.80. The van der Waals surface area contributed by atoms with Crippen molar-refractivity contribution >= 4 is 17.7 Å². The molecule has 8 heteroatoms. The van der Waals surface area contributed by atoms with E-state index >= 15 is 0 Å². The first kappa shape index (κ1) is 17.5. The highest BCUT2D eigenvalue weighted by molar-refractivity contribution is 5.84. The largest absolute Gasteiger partial charge is 0.479 e. The van der Waals surface area contributed by atoms with Crippen molar-refractivity contribution in [3.8, 4) is 0 Å². The van der Waals surface area contributed by atoms with Crippen LogP contribution in [-0.2, 0) is 14.3 Å². The average Bonchev–Trinajstić information content (AvgIpc) is 2.38. The normalized spacial score (nSPS) is 13.6. The van der Waals surface area contributed by atoms with Gasteiger partial charge < -0.3 is 31.2 Å². The molecule has 0 aromatic rings. The first-order valence-electron chi connectivity index (χ1n) is 5.92. The summed E-state index contributed by atoms with van der Waals surface area (Å²) in [4.78, 5) is 21.4. The van der Waals surface area contributed by atoms with Gasteiger partial charge in [0.25, 0.3) is 0 Å². The van der Waals surface area contributed by atoms with Gasteiger partial charge in [0.1, 0.15) is 0 Å². The van der Waals surface area contributed by atoms with Crippen molar-refractivity contribution in [2.45, 2.75) is 37.9 Å². The Morgan fingerprint density at radius 1 is 1.16 bits per heavy atom. The number of hydrogen-bond donors (Lipinski definition) is 5. The van der Waals surface area contributed by atoms with Crippen LogP contribution in [0.5, 0.6) is 0 Å². The lowest BCUT2D eigenvalue weighted by Gasteiger charge is -2.13. The van der Waals surface area contributed by atoms with Crippen LogP contribution < -0.4 is 5.73 Å². The summed E-state index contributed by atoms with van der Waals surface area (Å²) < 4.78 is 4.60. The Morgan fingerprint density at radius 3 is 2.26 bits per heavy atom. The maximum atomic E-state index is 11.1. The Morgan fingerprint density at radius 2 is 1.74 bits per heavy atom. The van der Waals surface area contributed by atoms with E-state index in [-0.39, 0.29) is 6.61 Å². The molecule has 110 valence electrons. The predicted molar refractivity (Wildman–Crippen MR) is 65.9 cm³/mol. The second kappa shape index (κ2) is 9.42. The minimum Gasteiger partial charge on any atom is -0.479 e. The molecule has 2 atom stereocenters. The molecule has 0 saturated heterocycles. The molecular weight excluding hydrogens is 256 g/mol. The molecule has 0 saturated carbocycles. The molecule has 8 nitrogen and oxygen atoms in total. The highest BCUT2D eigenvalue weighted by Crippen LogP contribution is 2.02. The van der Waals surface area contributed by atoms with Crippen molar-refractivity contribution in [3.05, 3.63) is 0 Å². The third-order valence-corrected chi connectivity index (χ3v) is 2.34. The molecule has 0 aliphatic heterocycles. The molecule has 0 aliphatic rings. The van der Waals surface area contributed by atoms with E-state index in [1.807, 2.05) is 0 Å². The Kier molecular flexibility index (Phi) is 8.68. The van der Waals surface area contributed by atoms with Gasteiger partial charge in [-0.05, 0) is 32.2 Å². The number of hydrogen-bond acceptors (Lipinski definition) is 7. The van der Waals surface area contributed by atoms with E-state index in [1.165, 1.54) is 0 Å². The van der Waals surface area contributed by atoms with Gasteiger partial charge in [-0.3, -0.25) is 0 Å². The summed E-state index contributed by atoms with van der Waals surface area (Å²) >= 11 is 0. The van der Waals surface area contributed by atoms with Gasteiger partial charge in [0.05, 0.1) is 6.61 Å². The number of nitrogens with one attached hydrogen (secondary N) is 1. The van der Waals surface area contributed by atoms with Crippen LogP contribution in [0.4, 0.5) is 0 Å². The number of carbonyl (C=O) groups excluding carboxylic acids is 1. The minimum atomic E-state index is -2.20. The number of esters is 1. The summed E-state index contributed by atoms with van der Waals surface area (Å²) in [6, 6.07) is 0.